The first kappa shape index (κ1) is 24.0. The van der Waals surface area contributed by atoms with Crippen molar-refractivity contribution >= 4 is 46.7 Å². The van der Waals surface area contributed by atoms with E-state index in [1.165, 1.54) is 22.0 Å². The lowest BCUT2D eigenvalue weighted by molar-refractivity contribution is 0.792. The average Bonchev–Trinajstić information content (AvgIpc) is 3.14. The molecule has 0 unspecified atom stereocenters. The molecule has 0 bridgehead atoms. The van der Waals surface area contributed by atoms with Crippen molar-refractivity contribution in [3.05, 3.63) is 59.4 Å². The molecule has 7 heteroatoms. The third kappa shape index (κ3) is 6.10. The Hall–Kier alpha value is -2.29. The highest BCUT2D eigenvalue weighted by molar-refractivity contribution is 14.0. The molecule has 0 fully saturated rings. The molecule has 0 amide bonds. The van der Waals surface area contributed by atoms with Gasteiger partial charge in [-0.1, -0.05) is 18.2 Å². The number of nitrogens with one attached hydrogen (secondary N) is 3. The fraction of sp³-hybridized carbons (Fsp3) is 0.391. The van der Waals surface area contributed by atoms with Crippen LogP contribution in [-0.2, 0) is 13.0 Å². The highest BCUT2D eigenvalue weighted by Gasteiger charge is 2.06. The number of H-pyrrole nitrogens is 1. The molecule has 6 nitrogen and oxygen atoms in total. The predicted molar refractivity (Wildman–Crippen MR) is 138 cm³/mol. The zero-order chi connectivity index (χ0) is 20.6. The number of aromatic amines is 1. The van der Waals surface area contributed by atoms with Crippen LogP contribution < -0.4 is 15.5 Å². The summed E-state index contributed by atoms with van der Waals surface area (Å²) in [5.74, 6) is 1.82. The van der Waals surface area contributed by atoms with Crippen molar-refractivity contribution in [3.8, 4) is 0 Å². The number of rotatable bonds is 8. The number of aryl methyl sites for hydroxylation is 1. The van der Waals surface area contributed by atoms with E-state index in [0.717, 1.165) is 43.4 Å². The summed E-state index contributed by atoms with van der Waals surface area (Å²) in [6.07, 6.45) is 4.97. The largest absolute Gasteiger partial charge is 0.361 e. The lowest BCUT2D eigenvalue weighted by Crippen LogP contribution is -2.37. The van der Waals surface area contributed by atoms with Crippen LogP contribution in [0.4, 0.5) is 5.82 Å². The maximum atomic E-state index is 4.58. The number of pyridine rings is 1. The van der Waals surface area contributed by atoms with Crippen LogP contribution in [0.5, 0.6) is 0 Å². The first-order chi connectivity index (χ1) is 14.1. The number of guanidine groups is 1. The topological polar surface area (TPSA) is 68.3 Å². The fourth-order valence-corrected chi connectivity index (χ4v) is 3.48. The molecule has 1 aromatic carbocycles. The first-order valence-electron chi connectivity index (χ1n) is 10.4. The van der Waals surface area contributed by atoms with Gasteiger partial charge in [0.1, 0.15) is 5.82 Å². The van der Waals surface area contributed by atoms with Gasteiger partial charge in [-0.2, -0.15) is 0 Å². The van der Waals surface area contributed by atoms with Crippen molar-refractivity contribution in [2.45, 2.75) is 33.7 Å². The van der Waals surface area contributed by atoms with Gasteiger partial charge in [0.25, 0.3) is 0 Å². The third-order valence-corrected chi connectivity index (χ3v) is 5.19. The van der Waals surface area contributed by atoms with E-state index >= 15 is 0 Å². The predicted octanol–water partition coefficient (Wildman–Crippen LogP) is 4.24. The SMILES string of the molecule is CCN(CC)c1ccc(CNC(=NC)NCCc2c[nH]c3cc(C)ccc23)cn1.I. The molecule has 0 saturated heterocycles. The van der Waals surface area contributed by atoms with Crippen molar-refractivity contribution in [3.63, 3.8) is 0 Å². The molecule has 30 heavy (non-hydrogen) atoms. The number of anilines is 1. The molecule has 0 spiro atoms. The Morgan fingerprint density at radius 2 is 1.93 bits per heavy atom. The van der Waals surface area contributed by atoms with Crippen LogP contribution in [0.25, 0.3) is 10.9 Å². The Bertz CT molecular complexity index is 944. The Labute approximate surface area is 196 Å². The van der Waals surface area contributed by atoms with Gasteiger partial charge in [-0.05, 0) is 56.0 Å². The second-order valence-corrected chi connectivity index (χ2v) is 7.16. The molecule has 2 aromatic heterocycles. The highest BCUT2D eigenvalue weighted by atomic mass is 127. The molecule has 3 N–H and O–H groups in total. The molecule has 0 aliphatic rings. The Morgan fingerprint density at radius 1 is 1.13 bits per heavy atom. The summed E-state index contributed by atoms with van der Waals surface area (Å²) in [6, 6.07) is 10.7. The normalized spacial score (nSPS) is 11.3. The van der Waals surface area contributed by atoms with Crippen LogP contribution in [0.2, 0.25) is 0 Å². The van der Waals surface area contributed by atoms with Gasteiger partial charge >= 0.3 is 0 Å². The minimum Gasteiger partial charge on any atom is -0.361 e. The van der Waals surface area contributed by atoms with Gasteiger partial charge in [0.05, 0.1) is 0 Å². The van der Waals surface area contributed by atoms with Gasteiger partial charge in [-0.25, -0.2) is 4.98 Å². The number of aliphatic imine (C=N–C) groups is 1. The molecular weight excluding hydrogens is 487 g/mol. The second kappa shape index (κ2) is 11.8. The molecule has 0 aliphatic carbocycles. The Balaban J connectivity index is 0.00000320. The summed E-state index contributed by atoms with van der Waals surface area (Å²) in [5.41, 5.74) is 4.92. The van der Waals surface area contributed by atoms with Crippen LogP contribution in [-0.4, -0.2) is 42.6 Å². The van der Waals surface area contributed by atoms with E-state index in [4.69, 9.17) is 0 Å². The lowest BCUT2D eigenvalue weighted by atomic mass is 10.1. The summed E-state index contributed by atoms with van der Waals surface area (Å²) >= 11 is 0. The van der Waals surface area contributed by atoms with Crippen molar-refractivity contribution in [1.82, 2.24) is 20.6 Å². The summed E-state index contributed by atoms with van der Waals surface area (Å²) in [7, 11) is 1.80. The number of hydrogen-bond acceptors (Lipinski definition) is 3. The molecule has 2 heterocycles. The minimum atomic E-state index is 0. The van der Waals surface area contributed by atoms with E-state index in [2.05, 4.69) is 87.8 Å². The third-order valence-electron chi connectivity index (χ3n) is 5.19. The summed E-state index contributed by atoms with van der Waals surface area (Å²) in [4.78, 5) is 14.5. The number of hydrogen-bond donors (Lipinski definition) is 3. The average molecular weight is 520 g/mol. The first-order valence-corrected chi connectivity index (χ1v) is 10.4. The zero-order valence-corrected chi connectivity index (χ0v) is 20.7. The minimum absolute atomic E-state index is 0. The fourth-order valence-electron chi connectivity index (χ4n) is 3.48. The smallest absolute Gasteiger partial charge is 0.191 e. The van der Waals surface area contributed by atoms with Gasteiger partial charge in [-0.15, -0.1) is 24.0 Å². The molecular formula is C23H33IN6. The van der Waals surface area contributed by atoms with Gasteiger partial charge in [0, 0.05) is 56.5 Å². The molecule has 0 saturated carbocycles. The number of benzene rings is 1. The number of halogens is 1. The maximum absolute atomic E-state index is 4.58. The van der Waals surface area contributed by atoms with E-state index in [0.29, 0.717) is 6.54 Å². The summed E-state index contributed by atoms with van der Waals surface area (Å²) in [6.45, 7) is 9.85. The zero-order valence-electron chi connectivity index (χ0n) is 18.3. The Morgan fingerprint density at radius 3 is 2.60 bits per heavy atom. The maximum Gasteiger partial charge on any atom is 0.191 e. The van der Waals surface area contributed by atoms with Gasteiger partial charge < -0.3 is 20.5 Å². The van der Waals surface area contributed by atoms with Gasteiger partial charge in [0.2, 0.25) is 0 Å². The number of nitrogens with zero attached hydrogens (tertiary/aromatic N) is 3. The van der Waals surface area contributed by atoms with E-state index in [1.807, 2.05) is 6.20 Å². The molecule has 0 aliphatic heterocycles. The van der Waals surface area contributed by atoms with Crippen LogP contribution in [0.15, 0.2) is 47.7 Å². The van der Waals surface area contributed by atoms with E-state index in [1.54, 1.807) is 7.05 Å². The number of fused-ring (bicyclic) bond motifs is 1. The van der Waals surface area contributed by atoms with E-state index in [9.17, 15) is 0 Å². The molecule has 0 atom stereocenters. The summed E-state index contributed by atoms with van der Waals surface area (Å²) in [5, 5.41) is 8.05. The second-order valence-electron chi connectivity index (χ2n) is 7.16. The van der Waals surface area contributed by atoms with Crippen molar-refractivity contribution in [2.75, 3.05) is 31.6 Å². The van der Waals surface area contributed by atoms with Gasteiger partial charge in [0.15, 0.2) is 5.96 Å². The highest BCUT2D eigenvalue weighted by Crippen LogP contribution is 2.19. The quantitative estimate of drug-likeness (QED) is 0.236. The molecule has 162 valence electrons. The van der Waals surface area contributed by atoms with Crippen LogP contribution in [0, 0.1) is 6.92 Å². The molecule has 0 radical (unpaired) electrons. The van der Waals surface area contributed by atoms with Crippen molar-refractivity contribution in [1.29, 1.82) is 0 Å². The van der Waals surface area contributed by atoms with Crippen molar-refractivity contribution in [2.24, 2.45) is 4.99 Å². The van der Waals surface area contributed by atoms with Crippen LogP contribution in [0.1, 0.15) is 30.5 Å². The molecule has 3 aromatic rings. The van der Waals surface area contributed by atoms with Gasteiger partial charge in [-0.3, -0.25) is 4.99 Å². The van der Waals surface area contributed by atoms with Crippen LogP contribution in [0.3, 0.4) is 0 Å². The number of aromatic nitrogens is 2. The van der Waals surface area contributed by atoms with Crippen LogP contribution >= 0.6 is 24.0 Å². The van der Waals surface area contributed by atoms with Crippen molar-refractivity contribution < 1.29 is 0 Å². The molecule has 3 rings (SSSR count). The lowest BCUT2D eigenvalue weighted by Gasteiger charge is -2.19. The standard InChI is InChI=1S/C23H32N6.HI/c1-5-29(6-2)22-10-8-18(14-27-22)15-28-23(24-4)25-12-11-19-16-26-21-13-17(3)7-9-20(19)21;/h7-10,13-14,16,26H,5-6,11-12,15H2,1-4H3,(H2,24,25,28);1H. The van der Waals surface area contributed by atoms with E-state index < -0.39 is 0 Å². The Kier molecular flexibility index (Phi) is 9.42. The monoisotopic (exact) mass is 520 g/mol. The summed E-state index contributed by atoms with van der Waals surface area (Å²) < 4.78 is 0. The van der Waals surface area contributed by atoms with E-state index in [-0.39, 0.29) is 24.0 Å².